The van der Waals surface area contributed by atoms with Gasteiger partial charge in [0.25, 0.3) is 0 Å². The van der Waals surface area contributed by atoms with Crippen molar-refractivity contribution in [3.8, 4) is 0 Å². The Hall–Kier alpha value is -0.910. The molecule has 0 bridgehead atoms. The molecule has 1 saturated carbocycles. The first-order chi connectivity index (χ1) is 9.24. The van der Waals surface area contributed by atoms with E-state index in [0.717, 1.165) is 25.3 Å². The average Bonchev–Trinajstić information content (AvgIpc) is 3.02. The molecule has 3 N–H and O–H groups in total. The molecule has 19 heavy (non-hydrogen) atoms. The summed E-state index contributed by atoms with van der Waals surface area (Å²) < 4.78 is 8.16. The van der Waals surface area contributed by atoms with Gasteiger partial charge in [-0.25, -0.2) is 10.4 Å². The predicted molar refractivity (Wildman–Crippen MR) is 73.1 cm³/mol. The summed E-state index contributed by atoms with van der Waals surface area (Å²) in [6.45, 7) is 0.854. The summed E-state index contributed by atoms with van der Waals surface area (Å²) in [5.41, 5.74) is 3.11. The molecular weight excluding hydrogens is 240 g/mol. The molecule has 2 unspecified atom stereocenters. The summed E-state index contributed by atoms with van der Waals surface area (Å²) in [5, 5.41) is 0. The highest BCUT2D eigenvalue weighted by Crippen LogP contribution is 2.44. The number of ether oxygens (including phenoxy) is 1. The quantitative estimate of drug-likeness (QED) is 0.644. The van der Waals surface area contributed by atoms with Crippen molar-refractivity contribution in [2.45, 2.75) is 50.2 Å². The summed E-state index contributed by atoms with van der Waals surface area (Å²) in [4.78, 5) is 4.46. The molecule has 3 rings (SSSR count). The first-order valence-corrected chi connectivity index (χ1v) is 7.31. The lowest BCUT2D eigenvalue weighted by Gasteiger charge is -2.41. The van der Waals surface area contributed by atoms with Crippen LogP contribution in [0.1, 0.15) is 50.4 Å². The molecule has 1 aromatic heterocycles. The maximum absolute atomic E-state index is 6.10. The van der Waals surface area contributed by atoms with Gasteiger partial charge in [-0.1, -0.05) is 12.8 Å². The van der Waals surface area contributed by atoms with E-state index < -0.39 is 0 Å². The maximum Gasteiger partial charge on any atom is 0.127 e. The topological polar surface area (TPSA) is 65.1 Å². The van der Waals surface area contributed by atoms with Gasteiger partial charge in [-0.3, -0.25) is 5.84 Å². The average molecular weight is 264 g/mol. The first-order valence-electron chi connectivity index (χ1n) is 7.31. The molecule has 1 aliphatic heterocycles. The van der Waals surface area contributed by atoms with Crippen molar-refractivity contribution in [2.24, 2.45) is 18.8 Å². The fourth-order valence-electron chi connectivity index (χ4n) is 3.82. The van der Waals surface area contributed by atoms with Gasteiger partial charge < -0.3 is 9.30 Å². The molecule has 1 aromatic rings. The Morgan fingerprint density at radius 2 is 2.32 bits per heavy atom. The van der Waals surface area contributed by atoms with E-state index in [1.807, 2.05) is 19.4 Å². The van der Waals surface area contributed by atoms with E-state index >= 15 is 0 Å². The smallest absolute Gasteiger partial charge is 0.127 e. The lowest BCUT2D eigenvalue weighted by atomic mass is 9.80. The van der Waals surface area contributed by atoms with Crippen molar-refractivity contribution >= 4 is 0 Å². The standard InChI is InChI=1S/C14H24N4O/c1-18-8-7-16-13(18)12(17-15)11-4-9-19-14(10-11)5-2-3-6-14/h7-8,11-12,17H,2-6,9-10,15H2,1H3. The van der Waals surface area contributed by atoms with E-state index in [2.05, 4.69) is 15.0 Å². The van der Waals surface area contributed by atoms with Crippen LogP contribution in [-0.4, -0.2) is 21.8 Å². The van der Waals surface area contributed by atoms with Crippen molar-refractivity contribution in [1.82, 2.24) is 15.0 Å². The number of imidazole rings is 1. The minimum absolute atomic E-state index is 0.126. The Morgan fingerprint density at radius 3 is 2.95 bits per heavy atom. The number of nitrogens with two attached hydrogens (primary N) is 1. The van der Waals surface area contributed by atoms with Gasteiger partial charge in [0.15, 0.2) is 0 Å². The third kappa shape index (κ3) is 2.42. The van der Waals surface area contributed by atoms with Crippen LogP contribution in [0.3, 0.4) is 0 Å². The van der Waals surface area contributed by atoms with Crippen LogP contribution in [0.5, 0.6) is 0 Å². The largest absolute Gasteiger partial charge is 0.375 e. The fraction of sp³-hybridized carbons (Fsp3) is 0.786. The van der Waals surface area contributed by atoms with Gasteiger partial charge in [-0.2, -0.15) is 0 Å². The van der Waals surface area contributed by atoms with E-state index in [9.17, 15) is 0 Å². The molecule has 1 aliphatic carbocycles. The maximum atomic E-state index is 6.10. The third-order valence-corrected chi connectivity index (χ3v) is 4.83. The van der Waals surface area contributed by atoms with E-state index in [4.69, 9.17) is 10.6 Å². The van der Waals surface area contributed by atoms with Crippen molar-refractivity contribution in [3.63, 3.8) is 0 Å². The molecule has 1 saturated heterocycles. The molecule has 0 aromatic carbocycles. The Balaban J connectivity index is 1.78. The Kier molecular flexibility index (Phi) is 3.60. The molecule has 0 amide bonds. The lowest BCUT2D eigenvalue weighted by molar-refractivity contribution is -0.0987. The molecule has 1 spiro atoms. The van der Waals surface area contributed by atoms with Gasteiger partial charge in [-0.15, -0.1) is 0 Å². The van der Waals surface area contributed by atoms with Crippen LogP contribution in [0, 0.1) is 5.92 Å². The van der Waals surface area contributed by atoms with Gasteiger partial charge in [0.1, 0.15) is 5.82 Å². The van der Waals surface area contributed by atoms with Gasteiger partial charge in [-0.05, 0) is 31.6 Å². The number of aromatic nitrogens is 2. The third-order valence-electron chi connectivity index (χ3n) is 4.83. The van der Waals surface area contributed by atoms with Crippen LogP contribution in [-0.2, 0) is 11.8 Å². The zero-order valence-corrected chi connectivity index (χ0v) is 11.6. The number of nitrogens with one attached hydrogen (secondary N) is 1. The molecule has 2 heterocycles. The Labute approximate surface area is 114 Å². The van der Waals surface area contributed by atoms with Gasteiger partial charge in [0, 0.05) is 26.0 Å². The summed E-state index contributed by atoms with van der Waals surface area (Å²) in [6, 6.07) is 0.126. The van der Waals surface area contributed by atoms with Crippen molar-refractivity contribution in [1.29, 1.82) is 0 Å². The zero-order valence-electron chi connectivity index (χ0n) is 11.6. The van der Waals surface area contributed by atoms with Crippen LogP contribution in [0.15, 0.2) is 12.4 Å². The predicted octanol–water partition coefficient (Wildman–Crippen LogP) is 1.66. The number of hydrazine groups is 1. The van der Waals surface area contributed by atoms with Gasteiger partial charge >= 0.3 is 0 Å². The van der Waals surface area contributed by atoms with Crippen molar-refractivity contribution in [3.05, 3.63) is 18.2 Å². The second-order valence-corrected chi connectivity index (χ2v) is 6.03. The highest BCUT2D eigenvalue weighted by Gasteiger charge is 2.42. The fourth-order valence-corrected chi connectivity index (χ4v) is 3.82. The molecular formula is C14H24N4O. The summed E-state index contributed by atoms with van der Waals surface area (Å²) in [5.74, 6) is 7.35. The van der Waals surface area contributed by atoms with Crippen LogP contribution in [0.2, 0.25) is 0 Å². The summed E-state index contributed by atoms with van der Waals surface area (Å²) >= 11 is 0. The van der Waals surface area contributed by atoms with Gasteiger partial charge in [0.05, 0.1) is 11.6 Å². The number of hydrogen-bond donors (Lipinski definition) is 2. The number of nitrogens with zero attached hydrogens (tertiary/aromatic N) is 2. The summed E-state index contributed by atoms with van der Waals surface area (Å²) in [6.07, 6.45) is 11.0. The van der Waals surface area contributed by atoms with Crippen LogP contribution < -0.4 is 11.3 Å². The minimum Gasteiger partial charge on any atom is -0.375 e. The second-order valence-electron chi connectivity index (χ2n) is 6.03. The summed E-state index contributed by atoms with van der Waals surface area (Å²) in [7, 11) is 2.03. The number of rotatable bonds is 3. The molecule has 0 radical (unpaired) electrons. The van der Waals surface area contributed by atoms with Crippen LogP contribution in [0.25, 0.3) is 0 Å². The normalized spacial score (nSPS) is 27.8. The highest BCUT2D eigenvalue weighted by atomic mass is 16.5. The molecule has 2 atom stereocenters. The minimum atomic E-state index is 0.126. The monoisotopic (exact) mass is 264 g/mol. The van der Waals surface area contributed by atoms with Crippen molar-refractivity contribution < 1.29 is 4.74 Å². The zero-order chi connectivity index (χ0) is 13.3. The number of hydrogen-bond acceptors (Lipinski definition) is 4. The molecule has 5 heteroatoms. The SMILES string of the molecule is Cn1ccnc1C(NN)C1CCOC2(CCCC2)C1. The molecule has 106 valence electrons. The molecule has 2 fully saturated rings. The van der Waals surface area contributed by atoms with E-state index in [-0.39, 0.29) is 11.6 Å². The van der Waals surface area contributed by atoms with Crippen LogP contribution >= 0.6 is 0 Å². The van der Waals surface area contributed by atoms with E-state index in [0.29, 0.717) is 5.92 Å². The van der Waals surface area contributed by atoms with Gasteiger partial charge in [0.2, 0.25) is 0 Å². The Morgan fingerprint density at radius 1 is 1.53 bits per heavy atom. The second kappa shape index (κ2) is 5.23. The van der Waals surface area contributed by atoms with Crippen molar-refractivity contribution in [2.75, 3.05) is 6.61 Å². The lowest BCUT2D eigenvalue weighted by Crippen LogP contribution is -2.44. The molecule has 5 nitrogen and oxygen atoms in total. The Bertz CT molecular complexity index is 425. The first kappa shape index (κ1) is 13.1. The van der Waals surface area contributed by atoms with E-state index in [1.165, 1.54) is 25.7 Å². The highest BCUT2D eigenvalue weighted by molar-refractivity contribution is 5.03. The number of aryl methyl sites for hydroxylation is 1. The van der Waals surface area contributed by atoms with Crippen LogP contribution in [0.4, 0.5) is 0 Å². The molecule has 2 aliphatic rings. The van der Waals surface area contributed by atoms with E-state index in [1.54, 1.807) is 0 Å².